The molecule has 1 atom stereocenters. The van der Waals surface area contributed by atoms with E-state index in [1.54, 1.807) is 11.3 Å². The number of thioether (sulfide) groups is 1. The van der Waals surface area contributed by atoms with Crippen LogP contribution in [-0.4, -0.2) is 29.8 Å². The fourth-order valence-electron chi connectivity index (χ4n) is 3.12. The van der Waals surface area contributed by atoms with E-state index in [1.165, 1.54) is 41.9 Å². The van der Waals surface area contributed by atoms with Crippen LogP contribution < -0.4 is 5.32 Å². The maximum Gasteiger partial charge on any atom is 0.0713 e. The Hall–Kier alpha value is -0.0300. The van der Waals surface area contributed by atoms with Crippen LogP contribution >= 0.6 is 23.1 Å². The molecule has 2 fully saturated rings. The Morgan fingerprint density at radius 1 is 1.37 bits per heavy atom. The Morgan fingerprint density at radius 3 is 2.95 bits per heavy atom. The van der Waals surface area contributed by atoms with E-state index in [1.807, 2.05) is 0 Å². The molecule has 2 saturated heterocycles. The van der Waals surface area contributed by atoms with Crippen molar-refractivity contribution in [3.05, 3.63) is 21.9 Å². The van der Waals surface area contributed by atoms with Gasteiger partial charge in [-0.1, -0.05) is 0 Å². The second kappa shape index (κ2) is 6.17. The molecule has 2 nitrogen and oxygen atoms in total. The van der Waals surface area contributed by atoms with Crippen LogP contribution in [0.4, 0.5) is 0 Å². The van der Waals surface area contributed by atoms with Gasteiger partial charge in [0.05, 0.1) is 5.60 Å². The van der Waals surface area contributed by atoms with Crippen LogP contribution in [-0.2, 0) is 11.3 Å². The lowest BCUT2D eigenvalue weighted by Crippen LogP contribution is -2.48. The summed E-state index contributed by atoms with van der Waals surface area (Å²) in [5, 5.41) is 8.27. The minimum atomic E-state index is 0.199. The molecule has 19 heavy (non-hydrogen) atoms. The molecule has 0 amide bonds. The van der Waals surface area contributed by atoms with Crippen LogP contribution in [0.15, 0.2) is 10.8 Å². The van der Waals surface area contributed by atoms with Crippen LogP contribution in [0.3, 0.4) is 0 Å². The van der Waals surface area contributed by atoms with Crippen LogP contribution in [0.2, 0.25) is 0 Å². The van der Waals surface area contributed by atoms with Gasteiger partial charge in [0.25, 0.3) is 0 Å². The molecule has 0 bridgehead atoms. The summed E-state index contributed by atoms with van der Waals surface area (Å²) in [4.78, 5) is 0. The van der Waals surface area contributed by atoms with Crippen molar-refractivity contribution >= 4 is 23.1 Å². The van der Waals surface area contributed by atoms with Gasteiger partial charge in [0, 0.05) is 19.2 Å². The minimum Gasteiger partial charge on any atom is -0.375 e. The lowest BCUT2D eigenvalue weighted by Gasteiger charge is -2.43. The van der Waals surface area contributed by atoms with Crippen LogP contribution in [0.5, 0.6) is 0 Å². The zero-order valence-electron chi connectivity index (χ0n) is 11.6. The van der Waals surface area contributed by atoms with Crippen molar-refractivity contribution in [1.29, 1.82) is 0 Å². The smallest absolute Gasteiger partial charge is 0.0713 e. The summed E-state index contributed by atoms with van der Waals surface area (Å²) in [5.41, 5.74) is 3.09. The number of ether oxygens (including phenoxy) is 1. The van der Waals surface area contributed by atoms with E-state index in [0.29, 0.717) is 6.04 Å². The Balaban J connectivity index is 1.55. The molecule has 0 saturated carbocycles. The van der Waals surface area contributed by atoms with Gasteiger partial charge in [-0.25, -0.2) is 0 Å². The molecule has 106 valence electrons. The summed E-state index contributed by atoms with van der Waals surface area (Å²) < 4.78 is 6.15. The predicted molar refractivity (Wildman–Crippen MR) is 84.2 cm³/mol. The van der Waals surface area contributed by atoms with Gasteiger partial charge in [0.15, 0.2) is 0 Å². The molecule has 3 rings (SSSR count). The number of rotatable bonds is 3. The number of hydrogen-bond donors (Lipinski definition) is 1. The number of nitrogens with one attached hydrogen (secondary N) is 1. The minimum absolute atomic E-state index is 0.199. The average Bonchev–Trinajstić information content (AvgIpc) is 2.83. The van der Waals surface area contributed by atoms with Crippen LogP contribution in [0.25, 0.3) is 0 Å². The first kappa shape index (κ1) is 13.9. The summed E-state index contributed by atoms with van der Waals surface area (Å²) >= 11 is 3.88. The van der Waals surface area contributed by atoms with Crippen molar-refractivity contribution in [2.24, 2.45) is 0 Å². The third kappa shape index (κ3) is 3.35. The molecule has 1 N–H and O–H groups in total. The monoisotopic (exact) mass is 297 g/mol. The molecule has 2 aliphatic rings. The first-order valence-corrected chi connectivity index (χ1v) is 9.34. The third-order valence-electron chi connectivity index (χ3n) is 4.44. The molecule has 1 unspecified atom stereocenters. The molecular formula is C15H23NOS2. The van der Waals surface area contributed by atoms with Gasteiger partial charge in [0.2, 0.25) is 0 Å². The van der Waals surface area contributed by atoms with E-state index in [2.05, 4.69) is 34.8 Å². The molecule has 1 aromatic rings. The van der Waals surface area contributed by atoms with Gasteiger partial charge in [-0.2, -0.15) is 23.1 Å². The van der Waals surface area contributed by atoms with Crippen molar-refractivity contribution in [2.75, 3.05) is 18.1 Å². The largest absolute Gasteiger partial charge is 0.375 e. The highest BCUT2D eigenvalue weighted by Crippen LogP contribution is 2.37. The molecule has 1 aromatic heterocycles. The first-order chi connectivity index (χ1) is 9.27. The summed E-state index contributed by atoms with van der Waals surface area (Å²) in [5.74, 6) is 2.55. The Labute approximate surface area is 124 Å². The number of aryl methyl sites for hydroxylation is 1. The topological polar surface area (TPSA) is 21.3 Å². The predicted octanol–water partition coefficient (Wildman–Crippen LogP) is 3.59. The maximum atomic E-state index is 6.15. The van der Waals surface area contributed by atoms with Gasteiger partial charge in [-0.05, 0) is 66.0 Å². The summed E-state index contributed by atoms with van der Waals surface area (Å²) in [6.07, 6.45) is 4.86. The van der Waals surface area contributed by atoms with Gasteiger partial charge >= 0.3 is 0 Å². The van der Waals surface area contributed by atoms with E-state index in [0.717, 1.165) is 19.6 Å². The van der Waals surface area contributed by atoms with E-state index < -0.39 is 0 Å². The standard InChI is InChI=1S/C15H23NOS2/c1-12-10-19-11-13(12)9-16-14-2-5-17-15(8-14)3-6-18-7-4-15/h10-11,14,16H,2-9H2,1H3. The fraction of sp³-hybridized carbons (Fsp3) is 0.733. The number of thiophene rings is 1. The van der Waals surface area contributed by atoms with E-state index in [-0.39, 0.29) is 5.60 Å². The van der Waals surface area contributed by atoms with Crippen LogP contribution in [0, 0.1) is 6.92 Å². The van der Waals surface area contributed by atoms with E-state index in [9.17, 15) is 0 Å². The lowest BCUT2D eigenvalue weighted by atomic mass is 9.85. The maximum absolute atomic E-state index is 6.15. The van der Waals surface area contributed by atoms with Crippen molar-refractivity contribution in [2.45, 2.75) is 50.8 Å². The van der Waals surface area contributed by atoms with Gasteiger partial charge in [-0.3, -0.25) is 0 Å². The molecule has 0 radical (unpaired) electrons. The Morgan fingerprint density at radius 2 is 2.21 bits per heavy atom. The Bertz CT molecular complexity index is 407. The first-order valence-electron chi connectivity index (χ1n) is 7.24. The summed E-state index contributed by atoms with van der Waals surface area (Å²) in [7, 11) is 0. The zero-order valence-corrected chi connectivity index (χ0v) is 13.2. The molecule has 0 aromatic carbocycles. The molecular weight excluding hydrogens is 274 g/mol. The second-order valence-electron chi connectivity index (χ2n) is 5.79. The van der Waals surface area contributed by atoms with Crippen LogP contribution in [0.1, 0.15) is 36.8 Å². The third-order valence-corrected chi connectivity index (χ3v) is 6.34. The fourth-order valence-corrected chi connectivity index (χ4v) is 5.21. The van der Waals surface area contributed by atoms with E-state index in [4.69, 9.17) is 4.74 Å². The van der Waals surface area contributed by atoms with Crippen molar-refractivity contribution < 1.29 is 4.74 Å². The SMILES string of the molecule is Cc1cscc1CNC1CCOC2(CCSCC2)C1. The molecule has 0 aliphatic carbocycles. The molecule has 4 heteroatoms. The molecule has 1 spiro atoms. The Kier molecular flexibility index (Phi) is 4.52. The molecule has 2 aliphatic heterocycles. The van der Waals surface area contributed by atoms with Crippen molar-refractivity contribution in [1.82, 2.24) is 5.32 Å². The quantitative estimate of drug-likeness (QED) is 0.921. The highest BCUT2D eigenvalue weighted by atomic mass is 32.2. The second-order valence-corrected chi connectivity index (χ2v) is 7.76. The summed E-state index contributed by atoms with van der Waals surface area (Å²) in [6, 6.07) is 0.635. The van der Waals surface area contributed by atoms with Crippen molar-refractivity contribution in [3.63, 3.8) is 0 Å². The zero-order chi connectivity index (χ0) is 13.1. The van der Waals surface area contributed by atoms with Gasteiger partial charge in [0.1, 0.15) is 0 Å². The highest BCUT2D eigenvalue weighted by molar-refractivity contribution is 7.99. The summed E-state index contributed by atoms with van der Waals surface area (Å²) in [6.45, 7) is 4.16. The lowest BCUT2D eigenvalue weighted by molar-refractivity contribution is -0.0933. The normalized spacial score (nSPS) is 26.7. The van der Waals surface area contributed by atoms with Gasteiger partial charge in [-0.15, -0.1) is 0 Å². The average molecular weight is 297 g/mol. The van der Waals surface area contributed by atoms with Crippen molar-refractivity contribution in [3.8, 4) is 0 Å². The van der Waals surface area contributed by atoms with Gasteiger partial charge < -0.3 is 10.1 Å². The molecule has 3 heterocycles. The number of hydrogen-bond acceptors (Lipinski definition) is 4. The highest BCUT2D eigenvalue weighted by Gasteiger charge is 2.38. The van der Waals surface area contributed by atoms with E-state index >= 15 is 0 Å².